The summed E-state index contributed by atoms with van der Waals surface area (Å²) in [6.45, 7) is 4.41. The van der Waals surface area contributed by atoms with Crippen molar-refractivity contribution in [3.63, 3.8) is 0 Å². The van der Waals surface area contributed by atoms with E-state index in [1.165, 1.54) is 24.0 Å². The van der Waals surface area contributed by atoms with Crippen LogP contribution in [-0.4, -0.2) is 54.2 Å². The molecule has 33 heavy (non-hydrogen) atoms. The van der Waals surface area contributed by atoms with Crippen molar-refractivity contribution in [3.8, 4) is 5.75 Å². The first-order chi connectivity index (χ1) is 16.3. The van der Waals surface area contributed by atoms with Crippen molar-refractivity contribution < 1.29 is 4.74 Å². The van der Waals surface area contributed by atoms with Crippen LogP contribution in [0.5, 0.6) is 5.75 Å². The van der Waals surface area contributed by atoms with Gasteiger partial charge in [-0.1, -0.05) is 42.5 Å². The summed E-state index contributed by atoms with van der Waals surface area (Å²) in [7, 11) is 3.53. The molecule has 0 amide bonds. The average molecular weight is 447 g/mol. The van der Waals surface area contributed by atoms with Crippen molar-refractivity contribution in [1.29, 1.82) is 0 Å². The number of aliphatic imine (C=N–C) groups is 1. The van der Waals surface area contributed by atoms with Crippen LogP contribution in [0.1, 0.15) is 35.8 Å². The third-order valence-corrected chi connectivity index (χ3v) is 6.16. The topological polar surface area (TPSA) is 66.7 Å². The van der Waals surface area contributed by atoms with E-state index < -0.39 is 0 Å². The van der Waals surface area contributed by atoms with Gasteiger partial charge in [-0.3, -0.25) is 9.89 Å². The van der Waals surface area contributed by atoms with Crippen molar-refractivity contribution in [2.24, 2.45) is 4.99 Å². The quantitative estimate of drug-likeness (QED) is 0.389. The summed E-state index contributed by atoms with van der Waals surface area (Å²) in [4.78, 5) is 11.5. The van der Waals surface area contributed by atoms with Gasteiger partial charge in [-0.05, 0) is 49.2 Å². The molecule has 174 valence electrons. The maximum Gasteiger partial charge on any atom is 0.191 e. The van der Waals surface area contributed by atoms with Crippen LogP contribution in [0.2, 0.25) is 0 Å². The molecule has 7 heteroatoms. The number of nitrogens with one attached hydrogen (secondary N) is 2. The first-order valence-electron chi connectivity index (χ1n) is 11.6. The molecule has 2 aromatic carbocycles. The SMILES string of the molecule is CN=C(NCc1nccn1Cc1ccccc1)NCC(c1cccc(OC)c1)N1CCCC1. The zero-order chi connectivity index (χ0) is 22.9. The Bertz CT molecular complexity index is 1030. The van der Waals surface area contributed by atoms with E-state index in [1.807, 2.05) is 31.6 Å². The Kier molecular flexibility index (Phi) is 7.98. The van der Waals surface area contributed by atoms with E-state index in [2.05, 4.69) is 72.5 Å². The van der Waals surface area contributed by atoms with Gasteiger partial charge in [0, 0.05) is 32.5 Å². The Labute approximate surface area is 196 Å². The Morgan fingerprint density at radius 2 is 1.91 bits per heavy atom. The lowest BCUT2D eigenvalue weighted by Crippen LogP contribution is -2.42. The second-order valence-electron chi connectivity index (χ2n) is 8.30. The number of methoxy groups -OCH3 is 1. The number of benzene rings is 2. The zero-order valence-electron chi connectivity index (χ0n) is 19.6. The number of likely N-dealkylation sites (tertiary alicyclic amines) is 1. The van der Waals surface area contributed by atoms with Crippen LogP contribution in [-0.2, 0) is 13.1 Å². The minimum atomic E-state index is 0.265. The third-order valence-electron chi connectivity index (χ3n) is 6.16. The van der Waals surface area contributed by atoms with Gasteiger partial charge in [-0.25, -0.2) is 4.98 Å². The van der Waals surface area contributed by atoms with Crippen LogP contribution in [0, 0.1) is 0 Å². The molecule has 1 aliphatic rings. The molecule has 0 radical (unpaired) electrons. The molecule has 7 nitrogen and oxygen atoms in total. The number of nitrogens with zero attached hydrogens (tertiary/aromatic N) is 4. The molecular weight excluding hydrogens is 412 g/mol. The lowest BCUT2D eigenvalue weighted by atomic mass is 10.1. The van der Waals surface area contributed by atoms with Gasteiger partial charge in [0.1, 0.15) is 11.6 Å². The third kappa shape index (κ3) is 6.14. The van der Waals surface area contributed by atoms with Crippen molar-refractivity contribution in [3.05, 3.63) is 83.9 Å². The first-order valence-corrected chi connectivity index (χ1v) is 11.6. The van der Waals surface area contributed by atoms with Crippen LogP contribution in [0.15, 0.2) is 72.0 Å². The fraction of sp³-hybridized carbons (Fsp3) is 0.385. The molecule has 2 N–H and O–H groups in total. The fourth-order valence-corrected chi connectivity index (χ4v) is 4.37. The fourth-order valence-electron chi connectivity index (χ4n) is 4.37. The average Bonchev–Trinajstić information content (AvgIpc) is 3.55. The van der Waals surface area contributed by atoms with Gasteiger partial charge in [0.25, 0.3) is 0 Å². The van der Waals surface area contributed by atoms with Crippen LogP contribution in [0.4, 0.5) is 0 Å². The van der Waals surface area contributed by atoms with Gasteiger partial charge < -0.3 is 19.9 Å². The summed E-state index contributed by atoms with van der Waals surface area (Å²) in [6, 6.07) is 19.1. The van der Waals surface area contributed by atoms with Gasteiger partial charge in [0.05, 0.1) is 19.7 Å². The predicted octanol–water partition coefficient (Wildman–Crippen LogP) is 3.44. The van der Waals surface area contributed by atoms with E-state index in [1.54, 1.807) is 7.11 Å². The smallest absolute Gasteiger partial charge is 0.191 e. The predicted molar refractivity (Wildman–Crippen MR) is 133 cm³/mol. The highest BCUT2D eigenvalue weighted by atomic mass is 16.5. The molecule has 1 saturated heterocycles. The van der Waals surface area contributed by atoms with Gasteiger partial charge in [-0.15, -0.1) is 0 Å². The number of ether oxygens (including phenoxy) is 1. The van der Waals surface area contributed by atoms with Crippen molar-refractivity contribution in [2.45, 2.75) is 32.0 Å². The standard InChI is InChI=1S/C26H34N6O/c1-27-26(30-19-25-28-13-16-32(25)20-21-9-4-3-5-10-21)29-18-24(31-14-6-7-15-31)22-11-8-12-23(17-22)33-2/h3-5,8-13,16-17,24H,6-7,14-15,18-20H2,1-2H3,(H2,27,29,30). The highest BCUT2D eigenvalue weighted by molar-refractivity contribution is 5.79. The molecule has 1 aliphatic heterocycles. The molecule has 0 spiro atoms. The van der Waals surface area contributed by atoms with Gasteiger partial charge in [0.15, 0.2) is 5.96 Å². The van der Waals surface area contributed by atoms with E-state index in [4.69, 9.17) is 4.74 Å². The molecule has 0 aliphatic carbocycles. The molecule has 1 aromatic heterocycles. The summed E-state index contributed by atoms with van der Waals surface area (Å²) < 4.78 is 7.63. The molecular formula is C26H34N6O. The second-order valence-corrected chi connectivity index (χ2v) is 8.30. The molecule has 4 rings (SSSR count). The zero-order valence-corrected chi connectivity index (χ0v) is 19.6. The van der Waals surface area contributed by atoms with Crippen LogP contribution in [0.3, 0.4) is 0 Å². The second kappa shape index (κ2) is 11.5. The lowest BCUT2D eigenvalue weighted by Gasteiger charge is -2.29. The van der Waals surface area contributed by atoms with E-state index >= 15 is 0 Å². The molecule has 3 aromatic rings. The monoisotopic (exact) mass is 446 g/mol. The van der Waals surface area contributed by atoms with Gasteiger partial charge >= 0.3 is 0 Å². The van der Waals surface area contributed by atoms with Gasteiger partial charge in [-0.2, -0.15) is 0 Å². The summed E-state index contributed by atoms with van der Waals surface area (Å²) in [6.07, 6.45) is 6.36. The summed E-state index contributed by atoms with van der Waals surface area (Å²) >= 11 is 0. The maximum absolute atomic E-state index is 5.46. The lowest BCUT2D eigenvalue weighted by molar-refractivity contribution is 0.245. The van der Waals surface area contributed by atoms with Crippen molar-refractivity contribution in [1.82, 2.24) is 25.1 Å². The van der Waals surface area contributed by atoms with Crippen LogP contribution >= 0.6 is 0 Å². The molecule has 1 atom stereocenters. The van der Waals surface area contributed by atoms with E-state index in [0.717, 1.165) is 43.7 Å². The summed E-state index contributed by atoms with van der Waals surface area (Å²) in [5.41, 5.74) is 2.52. The molecule has 1 unspecified atom stereocenters. The number of hydrogen-bond acceptors (Lipinski definition) is 4. The number of hydrogen-bond donors (Lipinski definition) is 2. The van der Waals surface area contributed by atoms with E-state index in [0.29, 0.717) is 6.54 Å². The number of rotatable bonds is 9. The van der Waals surface area contributed by atoms with E-state index in [-0.39, 0.29) is 6.04 Å². The van der Waals surface area contributed by atoms with Gasteiger partial charge in [0.2, 0.25) is 0 Å². The first kappa shape index (κ1) is 22.9. The Morgan fingerprint density at radius 3 is 2.67 bits per heavy atom. The molecule has 0 bridgehead atoms. The maximum atomic E-state index is 5.46. The Morgan fingerprint density at radius 1 is 1.09 bits per heavy atom. The summed E-state index contributed by atoms with van der Waals surface area (Å²) in [5, 5.41) is 6.96. The van der Waals surface area contributed by atoms with Crippen LogP contribution in [0.25, 0.3) is 0 Å². The van der Waals surface area contributed by atoms with Crippen molar-refractivity contribution >= 4 is 5.96 Å². The molecule has 1 fully saturated rings. The Balaban J connectivity index is 1.38. The van der Waals surface area contributed by atoms with Crippen LogP contribution < -0.4 is 15.4 Å². The molecule has 2 heterocycles. The largest absolute Gasteiger partial charge is 0.497 e. The minimum Gasteiger partial charge on any atom is -0.497 e. The van der Waals surface area contributed by atoms with Crippen molar-refractivity contribution in [2.75, 3.05) is 33.8 Å². The number of aromatic nitrogens is 2. The highest BCUT2D eigenvalue weighted by Crippen LogP contribution is 2.27. The number of guanidine groups is 1. The Hall–Kier alpha value is -3.32. The minimum absolute atomic E-state index is 0.265. The summed E-state index contributed by atoms with van der Waals surface area (Å²) in [5.74, 6) is 2.64. The number of imidazole rings is 1. The molecule has 0 saturated carbocycles. The highest BCUT2D eigenvalue weighted by Gasteiger charge is 2.24. The normalized spacial score (nSPS) is 15.4. The van der Waals surface area contributed by atoms with E-state index in [9.17, 15) is 0 Å².